The fourth-order valence-electron chi connectivity index (χ4n) is 7.29. The first-order valence-electron chi connectivity index (χ1n) is 15.3. The summed E-state index contributed by atoms with van der Waals surface area (Å²) in [5, 5.41) is 3.32. The molecule has 1 aliphatic carbocycles. The minimum absolute atomic E-state index is 0.0348. The van der Waals surface area contributed by atoms with Crippen LogP contribution in [0.4, 0.5) is 4.79 Å². The van der Waals surface area contributed by atoms with Gasteiger partial charge in [0.1, 0.15) is 0 Å². The number of aryl methyl sites for hydroxylation is 1. The van der Waals surface area contributed by atoms with Crippen molar-refractivity contribution >= 4 is 17.1 Å². The van der Waals surface area contributed by atoms with Crippen molar-refractivity contribution in [3.8, 4) is 11.1 Å². The lowest BCUT2D eigenvalue weighted by atomic mass is 10.0. The van der Waals surface area contributed by atoms with Crippen molar-refractivity contribution in [3.63, 3.8) is 0 Å². The number of hydrogen-bond donors (Lipinski definition) is 1. The standard InChI is InChI=1S/C34H39N5O2/c40-33(35-32-28-13-4-2-11-26(28)27-12-3-5-14-29(27)32)37-23-17-25(18-24-37)39-31-16-7-6-15-30(31)38(34(39)41)22-10-21-36-19-8-1-9-20-36/h2-7,11-16,25,32H,1,8-10,17-24H2,(H,35,40). The van der Waals surface area contributed by atoms with E-state index in [-0.39, 0.29) is 23.8 Å². The number of nitrogens with zero attached hydrogens (tertiary/aromatic N) is 4. The van der Waals surface area contributed by atoms with Crippen LogP contribution < -0.4 is 11.0 Å². The molecule has 2 saturated heterocycles. The quantitative estimate of drug-likeness (QED) is 0.331. The highest BCUT2D eigenvalue weighted by molar-refractivity contribution is 5.83. The van der Waals surface area contributed by atoms with Crippen LogP contribution in [0.1, 0.15) is 61.7 Å². The highest BCUT2D eigenvalue weighted by atomic mass is 16.2. The van der Waals surface area contributed by atoms with Crippen LogP contribution in [-0.4, -0.2) is 57.7 Å². The maximum atomic E-state index is 13.8. The van der Waals surface area contributed by atoms with Crippen molar-refractivity contribution in [1.82, 2.24) is 24.3 Å². The molecule has 0 spiro atoms. The molecule has 1 aromatic heterocycles. The summed E-state index contributed by atoms with van der Waals surface area (Å²) in [7, 11) is 0. The van der Waals surface area contributed by atoms with Gasteiger partial charge in [0, 0.05) is 25.7 Å². The average Bonchev–Trinajstić information content (AvgIpc) is 3.49. The summed E-state index contributed by atoms with van der Waals surface area (Å²) < 4.78 is 3.99. The highest BCUT2D eigenvalue weighted by Gasteiger charge is 2.32. The Labute approximate surface area is 241 Å². The first-order valence-corrected chi connectivity index (χ1v) is 15.3. The molecule has 0 unspecified atom stereocenters. The van der Waals surface area contributed by atoms with Crippen LogP contribution in [0, 0.1) is 0 Å². The molecule has 3 aromatic carbocycles. The zero-order valence-electron chi connectivity index (χ0n) is 23.7. The molecule has 7 rings (SSSR count). The molecular weight excluding hydrogens is 510 g/mol. The largest absolute Gasteiger partial charge is 0.329 e. The van der Waals surface area contributed by atoms with Gasteiger partial charge in [-0.15, -0.1) is 0 Å². The second-order valence-corrected chi connectivity index (χ2v) is 11.8. The third kappa shape index (κ3) is 4.86. The summed E-state index contributed by atoms with van der Waals surface area (Å²) in [6.07, 6.45) is 6.45. The normalized spacial score (nSPS) is 18.0. The molecule has 2 fully saturated rings. The van der Waals surface area contributed by atoms with E-state index in [0.29, 0.717) is 13.1 Å². The Balaban J connectivity index is 1.04. The van der Waals surface area contributed by atoms with Gasteiger partial charge in [-0.25, -0.2) is 9.59 Å². The number of likely N-dealkylation sites (tertiary alicyclic amines) is 2. The number of carbonyl (C=O) groups is 1. The molecule has 4 aromatic rings. The van der Waals surface area contributed by atoms with Crippen molar-refractivity contribution < 1.29 is 4.79 Å². The number of aromatic nitrogens is 2. The molecule has 3 aliphatic rings. The van der Waals surface area contributed by atoms with Gasteiger partial charge in [-0.05, 0) is 86.1 Å². The fraction of sp³-hybridized carbons (Fsp3) is 0.412. The Morgan fingerprint density at radius 2 is 1.34 bits per heavy atom. The number of nitrogens with one attached hydrogen (secondary N) is 1. The van der Waals surface area contributed by atoms with Gasteiger partial charge in [0.05, 0.1) is 17.1 Å². The zero-order chi connectivity index (χ0) is 27.8. The molecule has 7 nitrogen and oxygen atoms in total. The minimum atomic E-state index is -0.141. The number of urea groups is 1. The van der Waals surface area contributed by atoms with E-state index in [4.69, 9.17) is 0 Å². The van der Waals surface area contributed by atoms with Crippen molar-refractivity contribution in [1.29, 1.82) is 0 Å². The third-order valence-corrected chi connectivity index (χ3v) is 9.39. The number of hydrogen-bond acceptors (Lipinski definition) is 3. The monoisotopic (exact) mass is 549 g/mol. The molecule has 41 heavy (non-hydrogen) atoms. The van der Waals surface area contributed by atoms with E-state index in [9.17, 15) is 9.59 Å². The van der Waals surface area contributed by atoms with Gasteiger partial charge in [-0.2, -0.15) is 0 Å². The molecule has 3 heterocycles. The molecule has 212 valence electrons. The number of rotatable bonds is 6. The average molecular weight is 550 g/mol. The summed E-state index contributed by atoms with van der Waals surface area (Å²) in [6, 6.07) is 24.8. The Kier molecular flexibility index (Phi) is 7.13. The molecule has 0 saturated carbocycles. The van der Waals surface area contributed by atoms with E-state index < -0.39 is 0 Å². The van der Waals surface area contributed by atoms with Crippen LogP contribution in [0.2, 0.25) is 0 Å². The summed E-state index contributed by atoms with van der Waals surface area (Å²) in [5.41, 5.74) is 6.81. The van der Waals surface area contributed by atoms with Gasteiger partial charge < -0.3 is 15.1 Å². The number of carbonyl (C=O) groups excluding carboxylic acids is 1. The van der Waals surface area contributed by atoms with E-state index in [1.54, 1.807) is 0 Å². The van der Waals surface area contributed by atoms with Gasteiger partial charge >= 0.3 is 11.7 Å². The molecule has 0 radical (unpaired) electrons. The zero-order valence-corrected chi connectivity index (χ0v) is 23.7. The summed E-state index contributed by atoms with van der Waals surface area (Å²) in [5.74, 6) is 0. The van der Waals surface area contributed by atoms with E-state index >= 15 is 0 Å². The summed E-state index contributed by atoms with van der Waals surface area (Å²) in [4.78, 5) is 31.7. The lowest BCUT2D eigenvalue weighted by Gasteiger charge is -2.33. The second kappa shape index (κ2) is 11.2. The first kappa shape index (κ1) is 26.1. The smallest absolute Gasteiger partial charge is 0.327 e. The van der Waals surface area contributed by atoms with Crippen molar-refractivity contribution in [2.24, 2.45) is 0 Å². The van der Waals surface area contributed by atoms with Crippen LogP contribution in [0.25, 0.3) is 22.2 Å². The minimum Gasteiger partial charge on any atom is -0.327 e. The van der Waals surface area contributed by atoms with Crippen LogP contribution in [-0.2, 0) is 6.54 Å². The number of benzene rings is 3. The van der Waals surface area contributed by atoms with Gasteiger partial charge in [0.25, 0.3) is 0 Å². The number of imidazole rings is 1. The topological polar surface area (TPSA) is 62.5 Å². The Morgan fingerprint density at radius 3 is 2.02 bits per heavy atom. The van der Waals surface area contributed by atoms with Crippen LogP contribution >= 0.6 is 0 Å². The van der Waals surface area contributed by atoms with Crippen molar-refractivity contribution in [2.75, 3.05) is 32.7 Å². The van der Waals surface area contributed by atoms with E-state index in [1.165, 1.54) is 43.5 Å². The van der Waals surface area contributed by atoms with E-state index in [2.05, 4.69) is 58.7 Å². The molecule has 1 N–H and O–H groups in total. The van der Waals surface area contributed by atoms with Crippen LogP contribution in [0.5, 0.6) is 0 Å². The number of piperidine rings is 2. The van der Waals surface area contributed by atoms with Gasteiger partial charge in [-0.1, -0.05) is 67.1 Å². The predicted octanol–water partition coefficient (Wildman–Crippen LogP) is 5.80. The van der Waals surface area contributed by atoms with Gasteiger partial charge in [-0.3, -0.25) is 9.13 Å². The summed E-state index contributed by atoms with van der Waals surface area (Å²) in [6.45, 7) is 5.43. The Bertz CT molecular complexity index is 1560. The molecule has 7 heteroatoms. The van der Waals surface area contributed by atoms with Crippen LogP contribution in [0.15, 0.2) is 77.6 Å². The Hall–Kier alpha value is -3.84. The third-order valence-electron chi connectivity index (χ3n) is 9.39. The number of para-hydroxylation sites is 2. The maximum Gasteiger partial charge on any atom is 0.329 e. The molecule has 2 amide bonds. The predicted molar refractivity (Wildman–Crippen MR) is 163 cm³/mol. The first-order chi connectivity index (χ1) is 20.2. The lowest BCUT2D eigenvalue weighted by molar-refractivity contribution is 0.169. The maximum absolute atomic E-state index is 13.8. The van der Waals surface area contributed by atoms with Gasteiger partial charge in [0.2, 0.25) is 0 Å². The molecular formula is C34H39N5O2. The number of fused-ring (bicyclic) bond motifs is 4. The van der Waals surface area contributed by atoms with Crippen molar-refractivity contribution in [3.05, 3.63) is 94.4 Å². The van der Waals surface area contributed by atoms with Gasteiger partial charge in [0.15, 0.2) is 0 Å². The molecule has 0 bridgehead atoms. The molecule has 0 atom stereocenters. The second-order valence-electron chi connectivity index (χ2n) is 11.8. The fourth-order valence-corrected chi connectivity index (χ4v) is 7.29. The number of amides is 2. The SMILES string of the molecule is O=C(NC1c2ccccc2-c2ccccc21)N1CCC(n2c(=O)n(CCCN3CCCCC3)c3ccccc32)CC1. The van der Waals surface area contributed by atoms with Crippen molar-refractivity contribution in [2.45, 2.75) is 57.2 Å². The van der Waals surface area contributed by atoms with E-state index in [1.807, 2.05) is 38.3 Å². The lowest BCUT2D eigenvalue weighted by Crippen LogP contribution is -2.46. The van der Waals surface area contributed by atoms with E-state index in [0.717, 1.165) is 54.5 Å². The highest BCUT2D eigenvalue weighted by Crippen LogP contribution is 2.43. The molecule has 2 aliphatic heterocycles. The Morgan fingerprint density at radius 1 is 0.732 bits per heavy atom. The van der Waals surface area contributed by atoms with Crippen LogP contribution in [0.3, 0.4) is 0 Å². The summed E-state index contributed by atoms with van der Waals surface area (Å²) >= 11 is 0.